The summed E-state index contributed by atoms with van der Waals surface area (Å²) in [7, 11) is 0. The Kier molecular flexibility index (Phi) is 5.04. The van der Waals surface area contributed by atoms with Gasteiger partial charge in [0.25, 0.3) is 0 Å². The third-order valence-electron chi connectivity index (χ3n) is 10.9. The molecule has 0 bridgehead atoms. The molecule has 2 fully saturated rings. The number of nitrogens with one attached hydrogen (secondary N) is 1. The SMILES string of the molecule is C[C@]12CCC[C@](C)(C(=O)O)C1CC[C@@]1(C)C3=C(CCC21)C(=O)N(CCc1c[nH]c2ccccc12)C3. The number of carbonyl (C=O) groups is 2. The van der Waals surface area contributed by atoms with Gasteiger partial charge in [0, 0.05) is 35.8 Å². The van der Waals surface area contributed by atoms with Crippen molar-refractivity contribution in [3.63, 3.8) is 0 Å². The van der Waals surface area contributed by atoms with Crippen molar-refractivity contribution in [2.45, 2.75) is 72.1 Å². The van der Waals surface area contributed by atoms with Gasteiger partial charge in [-0.3, -0.25) is 9.59 Å². The van der Waals surface area contributed by atoms with Crippen LogP contribution >= 0.6 is 0 Å². The number of aromatic amines is 1. The third kappa shape index (κ3) is 3.12. The van der Waals surface area contributed by atoms with E-state index in [0.29, 0.717) is 5.92 Å². The summed E-state index contributed by atoms with van der Waals surface area (Å²) in [6.45, 7) is 8.28. The van der Waals surface area contributed by atoms with Gasteiger partial charge in [0.2, 0.25) is 5.91 Å². The molecule has 1 amide bonds. The first-order valence-electron chi connectivity index (χ1n) is 13.5. The molecule has 2 unspecified atom stereocenters. The number of fused-ring (bicyclic) bond motifs is 5. The molecular weight excluding hydrogens is 436 g/mol. The first-order chi connectivity index (χ1) is 16.7. The van der Waals surface area contributed by atoms with Crippen molar-refractivity contribution in [3.05, 3.63) is 47.2 Å². The summed E-state index contributed by atoms with van der Waals surface area (Å²) in [6.07, 6.45) is 9.65. The number of amides is 1. The number of carboxylic acids is 1. The number of aliphatic carboxylic acids is 1. The molecule has 1 aliphatic heterocycles. The quantitative estimate of drug-likeness (QED) is 0.574. The number of carboxylic acid groups (broad SMARTS) is 1. The lowest BCUT2D eigenvalue weighted by molar-refractivity contribution is -0.175. The second-order valence-corrected chi connectivity index (χ2v) is 12.5. The maximum absolute atomic E-state index is 13.5. The van der Waals surface area contributed by atoms with Crippen LogP contribution in [0.25, 0.3) is 10.9 Å². The Morgan fingerprint density at radius 3 is 2.71 bits per heavy atom. The second kappa shape index (κ2) is 7.72. The summed E-state index contributed by atoms with van der Waals surface area (Å²) in [6, 6.07) is 8.36. The van der Waals surface area contributed by atoms with Crippen molar-refractivity contribution >= 4 is 22.8 Å². The van der Waals surface area contributed by atoms with Crippen LogP contribution in [-0.2, 0) is 16.0 Å². The van der Waals surface area contributed by atoms with E-state index in [4.69, 9.17) is 0 Å². The number of H-pyrrole nitrogens is 1. The molecule has 1 aromatic heterocycles. The first-order valence-corrected chi connectivity index (χ1v) is 13.5. The summed E-state index contributed by atoms with van der Waals surface area (Å²) < 4.78 is 0. The molecule has 5 heteroatoms. The predicted molar refractivity (Wildman–Crippen MR) is 137 cm³/mol. The van der Waals surface area contributed by atoms with E-state index in [1.807, 2.05) is 13.0 Å². The minimum absolute atomic E-state index is 0.000772. The number of benzene rings is 1. The zero-order valence-corrected chi connectivity index (χ0v) is 21.3. The molecule has 35 heavy (non-hydrogen) atoms. The van der Waals surface area contributed by atoms with Crippen LogP contribution in [-0.4, -0.2) is 40.0 Å². The van der Waals surface area contributed by atoms with E-state index in [9.17, 15) is 14.7 Å². The summed E-state index contributed by atoms with van der Waals surface area (Å²) >= 11 is 0. The Balaban J connectivity index is 1.25. The molecule has 2 N–H and O–H groups in total. The number of rotatable bonds is 4. The Labute approximate surface area is 208 Å². The zero-order chi connectivity index (χ0) is 24.6. The van der Waals surface area contributed by atoms with Crippen LogP contribution in [0.2, 0.25) is 0 Å². The van der Waals surface area contributed by atoms with Gasteiger partial charge in [0.05, 0.1) is 5.41 Å². The molecule has 0 saturated heterocycles. The molecule has 2 heterocycles. The molecule has 1 aromatic carbocycles. The second-order valence-electron chi connectivity index (χ2n) is 12.5. The fraction of sp³-hybridized carbons (Fsp3) is 0.600. The molecule has 0 radical (unpaired) electrons. The Morgan fingerprint density at radius 2 is 1.91 bits per heavy atom. The summed E-state index contributed by atoms with van der Waals surface area (Å²) in [4.78, 5) is 31.3. The standard InChI is InChI=1S/C30H38N2O3/c1-28-15-11-25-29(2,13-6-14-30(25,3)27(34)35)24(28)10-9-21-22(28)18-32(26(21)33)16-12-19-17-31-23-8-5-4-7-20(19)23/h4-5,7-8,17,24-25,31H,6,9-16,18H2,1-3H3,(H,34,35)/t24?,25?,28-,29+,30-/m0/s1. The van der Waals surface area contributed by atoms with Crippen LogP contribution in [0, 0.1) is 28.1 Å². The van der Waals surface area contributed by atoms with Gasteiger partial charge in [0.15, 0.2) is 0 Å². The minimum Gasteiger partial charge on any atom is -0.481 e. The van der Waals surface area contributed by atoms with Crippen molar-refractivity contribution in [1.82, 2.24) is 9.88 Å². The topological polar surface area (TPSA) is 73.4 Å². The number of hydrogen-bond acceptors (Lipinski definition) is 2. The largest absolute Gasteiger partial charge is 0.481 e. The van der Waals surface area contributed by atoms with E-state index >= 15 is 0 Å². The molecule has 5 atom stereocenters. The lowest BCUT2D eigenvalue weighted by Gasteiger charge is -2.63. The minimum atomic E-state index is -0.625. The van der Waals surface area contributed by atoms with Crippen LogP contribution in [0.1, 0.15) is 71.3 Å². The Hall–Kier alpha value is -2.56. The molecule has 0 spiro atoms. The lowest BCUT2D eigenvalue weighted by atomic mass is 9.40. The number of nitrogens with zero attached hydrogens (tertiary/aromatic N) is 1. The van der Waals surface area contributed by atoms with E-state index in [2.05, 4.69) is 48.1 Å². The first kappa shape index (κ1) is 22.9. The van der Waals surface area contributed by atoms with E-state index in [1.165, 1.54) is 16.5 Å². The maximum atomic E-state index is 13.5. The molecule has 3 aliphatic carbocycles. The molecule has 5 nitrogen and oxygen atoms in total. The van der Waals surface area contributed by atoms with E-state index in [1.54, 1.807) is 0 Å². The van der Waals surface area contributed by atoms with E-state index in [-0.39, 0.29) is 22.7 Å². The van der Waals surface area contributed by atoms with Gasteiger partial charge in [0.1, 0.15) is 0 Å². The molecule has 4 aliphatic rings. The highest BCUT2D eigenvalue weighted by Crippen LogP contribution is 2.68. The summed E-state index contributed by atoms with van der Waals surface area (Å²) in [5, 5.41) is 11.4. The Bertz CT molecular complexity index is 1240. The smallest absolute Gasteiger partial charge is 0.309 e. The fourth-order valence-corrected chi connectivity index (χ4v) is 9.11. The maximum Gasteiger partial charge on any atom is 0.309 e. The van der Waals surface area contributed by atoms with Gasteiger partial charge in [-0.2, -0.15) is 0 Å². The fourth-order valence-electron chi connectivity index (χ4n) is 9.11. The van der Waals surface area contributed by atoms with Gasteiger partial charge < -0.3 is 15.0 Å². The molecule has 6 rings (SSSR count). The van der Waals surface area contributed by atoms with Crippen LogP contribution in [0.3, 0.4) is 0 Å². The Morgan fingerprint density at radius 1 is 1.11 bits per heavy atom. The number of carbonyl (C=O) groups excluding carboxylic acids is 1. The predicted octanol–water partition coefficient (Wildman–Crippen LogP) is 5.96. The molecule has 2 saturated carbocycles. The number of para-hydroxylation sites is 1. The van der Waals surface area contributed by atoms with Crippen LogP contribution in [0.5, 0.6) is 0 Å². The third-order valence-corrected chi connectivity index (χ3v) is 10.9. The van der Waals surface area contributed by atoms with E-state index in [0.717, 1.165) is 75.5 Å². The molecule has 2 aromatic rings. The number of aromatic nitrogens is 1. The average molecular weight is 475 g/mol. The van der Waals surface area contributed by atoms with Crippen molar-refractivity contribution < 1.29 is 14.7 Å². The van der Waals surface area contributed by atoms with Gasteiger partial charge >= 0.3 is 5.97 Å². The highest BCUT2D eigenvalue weighted by atomic mass is 16.4. The summed E-state index contributed by atoms with van der Waals surface area (Å²) in [5.41, 5.74) is 4.26. The van der Waals surface area contributed by atoms with Crippen molar-refractivity contribution in [2.24, 2.45) is 28.1 Å². The lowest BCUT2D eigenvalue weighted by Crippen LogP contribution is -2.58. The molecular formula is C30H38N2O3. The van der Waals surface area contributed by atoms with Gasteiger partial charge in [-0.05, 0) is 91.7 Å². The van der Waals surface area contributed by atoms with Crippen molar-refractivity contribution in [3.8, 4) is 0 Å². The highest BCUT2D eigenvalue weighted by molar-refractivity contribution is 5.97. The number of hydrogen-bond donors (Lipinski definition) is 2. The summed E-state index contributed by atoms with van der Waals surface area (Å²) in [5.74, 6) is 0.294. The average Bonchev–Trinajstić information content (AvgIpc) is 3.39. The van der Waals surface area contributed by atoms with E-state index < -0.39 is 11.4 Å². The van der Waals surface area contributed by atoms with Crippen LogP contribution in [0.15, 0.2) is 41.6 Å². The van der Waals surface area contributed by atoms with Crippen LogP contribution < -0.4 is 0 Å². The van der Waals surface area contributed by atoms with Gasteiger partial charge in [-0.25, -0.2) is 0 Å². The van der Waals surface area contributed by atoms with Gasteiger partial charge in [-0.1, -0.05) is 38.5 Å². The zero-order valence-electron chi connectivity index (χ0n) is 21.3. The van der Waals surface area contributed by atoms with Crippen molar-refractivity contribution in [1.29, 1.82) is 0 Å². The molecule has 186 valence electrons. The normalized spacial score (nSPS) is 36.8. The highest BCUT2D eigenvalue weighted by Gasteiger charge is 2.63. The van der Waals surface area contributed by atoms with Crippen LogP contribution in [0.4, 0.5) is 0 Å². The van der Waals surface area contributed by atoms with Crippen molar-refractivity contribution in [2.75, 3.05) is 13.1 Å². The monoisotopic (exact) mass is 474 g/mol. The van der Waals surface area contributed by atoms with Gasteiger partial charge in [-0.15, -0.1) is 0 Å².